The molecule has 0 unspecified atom stereocenters. The first kappa shape index (κ1) is 11.6. The fourth-order valence-electron chi connectivity index (χ4n) is 1.27. The quantitative estimate of drug-likeness (QED) is 0.435. The fraction of sp³-hybridized carbons (Fsp3) is 1.00. The molecule has 0 aromatic heterocycles. The van der Waals surface area contributed by atoms with Crippen molar-refractivity contribution in [3.8, 4) is 0 Å². The third-order valence-electron chi connectivity index (χ3n) is 2.07. The van der Waals surface area contributed by atoms with Crippen molar-refractivity contribution in [3.05, 3.63) is 0 Å². The van der Waals surface area contributed by atoms with Crippen LogP contribution in [0.2, 0.25) is 0 Å². The molecule has 0 aromatic carbocycles. The van der Waals surface area contributed by atoms with Crippen LogP contribution in [0.25, 0.3) is 0 Å². The van der Waals surface area contributed by atoms with Crippen LogP contribution in [0.5, 0.6) is 0 Å². The number of hydrogen-bond acceptors (Lipinski definition) is 4. The van der Waals surface area contributed by atoms with Gasteiger partial charge in [-0.25, -0.2) is 0 Å². The number of nitrogens with zero attached hydrogens (tertiary/aromatic N) is 1. The molecule has 0 bridgehead atoms. The molecule has 1 saturated heterocycles. The van der Waals surface area contributed by atoms with Crippen LogP contribution in [0.1, 0.15) is 0 Å². The zero-order valence-electron chi connectivity index (χ0n) is 8.10. The molecule has 0 spiro atoms. The molecule has 1 aliphatic heterocycles. The van der Waals surface area contributed by atoms with E-state index in [1.165, 1.54) is 0 Å². The summed E-state index contributed by atoms with van der Waals surface area (Å²) in [5.74, 6) is 0. The Labute approximate surface area is 92.5 Å². The van der Waals surface area contributed by atoms with Gasteiger partial charge in [0.2, 0.25) is 0 Å². The molecule has 1 fully saturated rings. The molecule has 0 atom stereocenters. The van der Waals surface area contributed by atoms with Crippen LogP contribution in [-0.4, -0.2) is 55.7 Å². The molecule has 0 aliphatic carbocycles. The van der Waals surface area contributed by atoms with Gasteiger partial charge in [-0.1, -0.05) is 0 Å². The van der Waals surface area contributed by atoms with E-state index in [0.717, 1.165) is 52.4 Å². The van der Waals surface area contributed by atoms with Gasteiger partial charge in [0.15, 0.2) is 0 Å². The van der Waals surface area contributed by atoms with E-state index in [4.69, 9.17) is 0 Å². The van der Waals surface area contributed by atoms with E-state index in [0.29, 0.717) is 0 Å². The minimum absolute atomic E-state index is 1.07. The summed E-state index contributed by atoms with van der Waals surface area (Å²) in [6, 6.07) is 0. The van der Waals surface area contributed by atoms with Crippen LogP contribution < -0.4 is 16.0 Å². The van der Waals surface area contributed by atoms with E-state index >= 15 is 0 Å². The van der Waals surface area contributed by atoms with Crippen LogP contribution >= 0.6 is 0 Å². The van der Waals surface area contributed by atoms with Crippen LogP contribution in [-0.2, 0) is 20.7 Å². The molecule has 0 saturated carbocycles. The number of hydrogen-bond donors (Lipinski definition) is 3. The maximum atomic E-state index is 3.41. The van der Waals surface area contributed by atoms with Crippen LogP contribution in [0.4, 0.5) is 0 Å². The molecular formula is C8H19N4Ti. The van der Waals surface area contributed by atoms with Gasteiger partial charge in [-0.05, 0) is 0 Å². The molecule has 4 nitrogen and oxygen atoms in total. The van der Waals surface area contributed by atoms with E-state index in [1.807, 2.05) is 0 Å². The average Bonchev–Trinajstić information content (AvgIpc) is 2.11. The third kappa shape index (κ3) is 6.60. The number of nitrogens with one attached hydrogen (secondary N) is 3. The summed E-state index contributed by atoms with van der Waals surface area (Å²) in [5.41, 5.74) is 0. The van der Waals surface area contributed by atoms with Crippen LogP contribution in [0.3, 0.4) is 0 Å². The summed E-state index contributed by atoms with van der Waals surface area (Å²) < 4.78 is 2.36. The molecule has 0 aromatic rings. The van der Waals surface area contributed by atoms with E-state index in [9.17, 15) is 0 Å². The zero-order valence-corrected chi connectivity index (χ0v) is 9.67. The Bertz CT molecular complexity index is 111. The second-order valence-corrected chi connectivity index (χ2v) is 4.22. The summed E-state index contributed by atoms with van der Waals surface area (Å²) in [7, 11) is 0. The van der Waals surface area contributed by atoms with Crippen LogP contribution in [0.15, 0.2) is 0 Å². The van der Waals surface area contributed by atoms with Crippen molar-refractivity contribution in [2.45, 2.75) is 0 Å². The van der Waals surface area contributed by atoms with Crippen molar-refractivity contribution in [2.75, 3.05) is 52.4 Å². The maximum absolute atomic E-state index is 3.41. The van der Waals surface area contributed by atoms with Gasteiger partial charge in [-0.15, -0.1) is 0 Å². The molecule has 0 radical (unpaired) electrons. The molecular weight excluding hydrogens is 200 g/mol. The predicted octanol–water partition coefficient (Wildman–Crippen LogP) is -1.47. The van der Waals surface area contributed by atoms with Gasteiger partial charge in [-0.3, -0.25) is 0 Å². The Balaban J connectivity index is 2.11. The van der Waals surface area contributed by atoms with Gasteiger partial charge in [-0.2, -0.15) is 0 Å². The van der Waals surface area contributed by atoms with Crippen molar-refractivity contribution in [1.82, 2.24) is 19.3 Å². The van der Waals surface area contributed by atoms with E-state index < -0.39 is 0 Å². The Morgan fingerprint density at radius 1 is 0.692 bits per heavy atom. The molecule has 1 heterocycles. The summed E-state index contributed by atoms with van der Waals surface area (Å²) in [6.45, 7) is 8.78. The second kappa shape index (κ2) is 7.91. The Hall–Kier alpha value is 0.554. The van der Waals surface area contributed by atoms with E-state index in [-0.39, 0.29) is 0 Å². The SMILES string of the molecule is [Ti][N]1CCNCCNCCNCC1. The molecule has 1 aliphatic rings. The normalized spacial score (nSPS) is 24.5. The van der Waals surface area contributed by atoms with Crippen molar-refractivity contribution in [3.63, 3.8) is 0 Å². The molecule has 75 valence electrons. The predicted molar refractivity (Wildman–Crippen MR) is 50.2 cm³/mol. The molecule has 0 amide bonds. The van der Waals surface area contributed by atoms with Crippen molar-refractivity contribution >= 4 is 0 Å². The summed E-state index contributed by atoms with van der Waals surface area (Å²) in [6.07, 6.45) is 0. The summed E-state index contributed by atoms with van der Waals surface area (Å²) in [5, 5.41) is 10.2. The molecule has 3 N–H and O–H groups in total. The van der Waals surface area contributed by atoms with Gasteiger partial charge in [0.1, 0.15) is 0 Å². The third-order valence-corrected chi connectivity index (χ3v) is 2.77. The van der Waals surface area contributed by atoms with Gasteiger partial charge in [0.05, 0.1) is 0 Å². The fourth-order valence-corrected chi connectivity index (χ4v) is 1.62. The number of rotatable bonds is 0. The Morgan fingerprint density at radius 2 is 1.08 bits per heavy atom. The standard InChI is InChI=1S/C8H19N4.Ti/c1-2-10-5-6-12-8-7-11-4-3-9-1;/h9-11H,1-8H2;/q-1;+1. The molecule has 13 heavy (non-hydrogen) atoms. The first-order valence-corrected chi connectivity index (χ1v) is 5.68. The molecule has 5 heteroatoms. The summed E-state index contributed by atoms with van der Waals surface area (Å²) >= 11 is 2.17. The summed E-state index contributed by atoms with van der Waals surface area (Å²) in [4.78, 5) is 0. The molecule has 1 rings (SSSR count). The van der Waals surface area contributed by atoms with E-state index in [1.54, 1.807) is 0 Å². The van der Waals surface area contributed by atoms with Crippen molar-refractivity contribution in [2.24, 2.45) is 0 Å². The zero-order chi connectivity index (χ0) is 9.36. The van der Waals surface area contributed by atoms with Crippen LogP contribution in [0, 0.1) is 0 Å². The second-order valence-electron chi connectivity index (χ2n) is 3.24. The first-order valence-electron chi connectivity index (χ1n) is 4.98. The van der Waals surface area contributed by atoms with Crippen molar-refractivity contribution in [1.29, 1.82) is 0 Å². The monoisotopic (exact) mass is 219 g/mol. The van der Waals surface area contributed by atoms with Gasteiger partial charge in [0.25, 0.3) is 0 Å². The Kier molecular flexibility index (Phi) is 7.08. The van der Waals surface area contributed by atoms with Crippen molar-refractivity contribution < 1.29 is 20.7 Å². The topological polar surface area (TPSA) is 39.3 Å². The van der Waals surface area contributed by atoms with Gasteiger partial charge >= 0.3 is 92.4 Å². The van der Waals surface area contributed by atoms with E-state index in [2.05, 4.69) is 40.0 Å². The average molecular weight is 219 g/mol. The van der Waals surface area contributed by atoms with Gasteiger partial charge in [0, 0.05) is 0 Å². The first-order chi connectivity index (χ1) is 6.39. The van der Waals surface area contributed by atoms with Gasteiger partial charge < -0.3 is 0 Å². The minimum atomic E-state index is 1.07. The Morgan fingerprint density at radius 3 is 1.54 bits per heavy atom.